The molecular weight excluding hydrogens is 242 g/mol. The second-order valence-corrected chi connectivity index (χ2v) is 7.10. The standard InChI is InChI=1S/C11H18NO2S2/c1-7-8(16-9(13)15-6)11(4,5)12(14)10(7,2)3/h8H,1H2,2-6H3. The molecule has 0 aromatic heterocycles. The summed E-state index contributed by atoms with van der Waals surface area (Å²) in [6.07, 6.45) is 1.75. The fourth-order valence-corrected chi connectivity index (χ4v) is 3.75. The van der Waals surface area contributed by atoms with Crippen LogP contribution in [-0.4, -0.2) is 32.1 Å². The van der Waals surface area contributed by atoms with E-state index in [0.717, 1.165) is 10.6 Å². The Labute approximate surface area is 106 Å². The van der Waals surface area contributed by atoms with Crippen molar-refractivity contribution < 1.29 is 10.0 Å². The van der Waals surface area contributed by atoms with E-state index in [9.17, 15) is 10.0 Å². The lowest BCUT2D eigenvalue weighted by Gasteiger charge is -2.32. The van der Waals surface area contributed by atoms with Crippen molar-refractivity contribution in [3.8, 4) is 0 Å². The average Bonchev–Trinajstić information content (AvgIpc) is 2.31. The minimum Gasteiger partial charge on any atom is -0.274 e. The van der Waals surface area contributed by atoms with Crippen LogP contribution in [0.15, 0.2) is 12.2 Å². The molecule has 0 spiro atoms. The van der Waals surface area contributed by atoms with Gasteiger partial charge in [0.1, 0.15) is 0 Å². The number of hydrogen-bond acceptors (Lipinski definition) is 4. The lowest BCUT2D eigenvalue weighted by atomic mass is 9.95. The Hall–Kier alpha value is 0.0300. The zero-order chi connectivity index (χ0) is 12.7. The molecule has 1 fully saturated rings. The Morgan fingerprint density at radius 1 is 1.38 bits per heavy atom. The van der Waals surface area contributed by atoms with Crippen LogP contribution in [0.1, 0.15) is 27.7 Å². The number of hydroxylamine groups is 2. The number of hydrogen-bond donors (Lipinski definition) is 0. The van der Waals surface area contributed by atoms with Crippen LogP contribution in [-0.2, 0) is 5.21 Å². The van der Waals surface area contributed by atoms with Gasteiger partial charge in [-0.2, -0.15) is 0 Å². The summed E-state index contributed by atoms with van der Waals surface area (Å²) in [6, 6.07) is 0. The number of thioether (sulfide) groups is 2. The summed E-state index contributed by atoms with van der Waals surface area (Å²) in [5, 5.41) is 13.1. The summed E-state index contributed by atoms with van der Waals surface area (Å²) in [5.41, 5.74) is -0.351. The van der Waals surface area contributed by atoms with E-state index in [-0.39, 0.29) is 9.70 Å². The number of nitrogens with zero attached hydrogens (tertiary/aromatic N) is 1. The maximum absolute atomic E-state index is 12.2. The van der Waals surface area contributed by atoms with Gasteiger partial charge in [-0.1, -0.05) is 30.1 Å². The van der Waals surface area contributed by atoms with E-state index in [4.69, 9.17) is 0 Å². The highest BCUT2D eigenvalue weighted by Crippen LogP contribution is 2.49. The number of carbonyl (C=O) groups is 1. The van der Waals surface area contributed by atoms with Gasteiger partial charge < -0.3 is 0 Å². The van der Waals surface area contributed by atoms with Crippen LogP contribution in [0.2, 0.25) is 0 Å². The highest BCUT2D eigenvalue weighted by molar-refractivity contribution is 8.38. The average molecular weight is 260 g/mol. The van der Waals surface area contributed by atoms with Crippen LogP contribution in [0.5, 0.6) is 0 Å². The summed E-state index contributed by atoms with van der Waals surface area (Å²) >= 11 is 2.39. The normalized spacial score (nSPS) is 28.4. The zero-order valence-corrected chi connectivity index (χ0v) is 12.0. The minimum absolute atomic E-state index is 0.0327. The molecule has 0 bridgehead atoms. The molecule has 5 heteroatoms. The van der Waals surface area contributed by atoms with Crippen molar-refractivity contribution in [1.29, 1.82) is 0 Å². The summed E-state index contributed by atoms with van der Waals surface area (Å²) in [5.74, 6) is 0. The van der Waals surface area contributed by atoms with E-state index >= 15 is 0 Å². The maximum atomic E-state index is 12.2. The van der Waals surface area contributed by atoms with E-state index in [1.165, 1.54) is 23.5 Å². The van der Waals surface area contributed by atoms with Gasteiger partial charge in [0.05, 0.1) is 16.3 Å². The molecular formula is C11H18NO2S2. The first kappa shape index (κ1) is 14.1. The van der Waals surface area contributed by atoms with Crippen molar-refractivity contribution >= 4 is 28.0 Å². The third kappa shape index (κ3) is 2.06. The molecule has 0 N–H and O–H groups in total. The Balaban J connectivity index is 3.01. The fraction of sp³-hybridized carbons (Fsp3) is 0.727. The van der Waals surface area contributed by atoms with Gasteiger partial charge >= 0.3 is 0 Å². The van der Waals surface area contributed by atoms with E-state index < -0.39 is 11.1 Å². The van der Waals surface area contributed by atoms with E-state index in [1.54, 1.807) is 6.26 Å². The zero-order valence-electron chi connectivity index (χ0n) is 10.4. The van der Waals surface area contributed by atoms with Gasteiger partial charge in [-0.15, -0.1) is 10.3 Å². The quantitative estimate of drug-likeness (QED) is 0.678. The first-order chi connectivity index (χ1) is 7.15. The van der Waals surface area contributed by atoms with Crippen LogP contribution in [0.4, 0.5) is 4.79 Å². The number of rotatable bonds is 1. The molecule has 0 aromatic carbocycles. The summed E-state index contributed by atoms with van der Waals surface area (Å²) in [6.45, 7) is 11.4. The molecule has 1 rings (SSSR count). The second-order valence-electron chi connectivity index (χ2n) is 4.98. The lowest BCUT2D eigenvalue weighted by Crippen LogP contribution is -2.47. The van der Waals surface area contributed by atoms with Crippen molar-refractivity contribution in [2.75, 3.05) is 6.26 Å². The van der Waals surface area contributed by atoms with Gasteiger partial charge in [-0.3, -0.25) is 4.79 Å². The Morgan fingerprint density at radius 2 is 1.88 bits per heavy atom. The molecule has 1 unspecified atom stereocenters. The first-order valence-corrected chi connectivity index (χ1v) is 7.17. The molecule has 1 atom stereocenters. The Kier molecular flexibility index (Phi) is 3.85. The van der Waals surface area contributed by atoms with Gasteiger partial charge in [0.2, 0.25) is 4.45 Å². The Bertz CT molecular complexity index is 326. The summed E-state index contributed by atoms with van der Waals surface area (Å²) in [7, 11) is 0. The summed E-state index contributed by atoms with van der Waals surface area (Å²) < 4.78 is 0.0327. The van der Waals surface area contributed by atoms with Gasteiger partial charge in [-0.25, -0.2) is 0 Å². The van der Waals surface area contributed by atoms with Crippen LogP contribution >= 0.6 is 23.5 Å². The fourth-order valence-electron chi connectivity index (χ4n) is 2.06. The highest BCUT2D eigenvalue weighted by atomic mass is 32.2. The molecule has 1 aliphatic rings. The molecule has 0 aromatic rings. The predicted molar refractivity (Wildman–Crippen MR) is 70.1 cm³/mol. The van der Waals surface area contributed by atoms with Crippen molar-refractivity contribution in [3.05, 3.63) is 12.2 Å². The molecule has 16 heavy (non-hydrogen) atoms. The molecule has 0 amide bonds. The van der Waals surface area contributed by atoms with E-state index in [2.05, 4.69) is 6.58 Å². The van der Waals surface area contributed by atoms with Crippen LogP contribution in [0.3, 0.4) is 0 Å². The van der Waals surface area contributed by atoms with Crippen LogP contribution < -0.4 is 0 Å². The minimum atomic E-state index is -0.597. The monoisotopic (exact) mass is 260 g/mol. The molecule has 91 valence electrons. The van der Waals surface area contributed by atoms with Crippen molar-refractivity contribution in [3.63, 3.8) is 0 Å². The lowest BCUT2D eigenvalue weighted by molar-refractivity contribution is -0.239. The molecule has 0 saturated carbocycles. The van der Waals surface area contributed by atoms with Gasteiger partial charge in [0, 0.05) is 0 Å². The van der Waals surface area contributed by atoms with E-state index in [0.29, 0.717) is 0 Å². The number of carbonyl (C=O) groups excluding carboxylic acids is 1. The summed E-state index contributed by atoms with van der Waals surface area (Å²) in [4.78, 5) is 11.5. The topological polar surface area (TPSA) is 40.2 Å². The van der Waals surface area contributed by atoms with Crippen LogP contribution in [0.25, 0.3) is 0 Å². The molecule has 1 aliphatic heterocycles. The Morgan fingerprint density at radius 3 is 2.19 bits per heavy atom. The predicted octanol–water partition coefficient (Wildman–Crippen LogP) is 3.35. The SMILES string of the molecule is C=C1C(SC(=O)SC)C(C)(C)N([O])C1(C)C. The van der Waals surface area contributed by atoms with Crippen molar-refractivity contribution in [2.24, 2.45) is 0 Å². The smallest absolute Gasteiger partial charge is 0.246 e. The molecule has 1 heterocycles. The highest BCUT2D eigenvalue weighted by Gasteiger charge is 2.55. The molecule has 1 saturated heterocycles. The largest absolute Gasteiger partial charge is 0.274 e. The van der Waals surface area contributed by atoms with Crippen molar-refractivity contribution in [2.45, 2.75) is 44.0 Å². The van der Waals surface area contributed by atoms with Gasteiger partial charge in [0.15, 0.2) is 0 Å². The molecule has 0 aliphatic carbocycles. The maximum Gasteiger partial charge on any atom is 0.246 e. The van der Waals surface area contributed by atoms with Gasteiger partial charge in [-0.05, 0) is 39.5 Å². The van der Waals surface area contributed by atoms with E-state index in [1.807, 2.05) is 27.7 Å². The molecule has 3 nitrogen and oxygen atoms in total. The second kappa shape index (κ2) is 4.37. The van der Waals surface area contributed by atoms with Crippen LogP contribution in [0, 0.1) is 0 Å². The molecule has 1 radical (unpaired) electrons. The first-order valence-electron chi connectivity index (χ1n) is 5.07. The van der Waals surface area contributed by atoms with Gasteiger partial charge in [0.25, 0.3) is 0 Å². The third-order valence-corrected chi connectivity index (χ3v) is 5.57. The third-order valence-electron chi connectivity index (χ3n) is 3.16. The van der Waals surface area contributed by atoms with Crippen molar-refractivity contribution in [1.82, 2.24) is 5.06 Å².